The average molecular weight is 445 g/mol. The molecule has 0 fully saturated rings. The van der Waals surface area contributed by atoms with Gasteiger partial charge in [0.15, 0.2) is 15.9 Å². The van der Waals surface area contributed by atoms with Gasteiger partial charge in [-0.25, -0.2) is 8.42 Å². The quantitative estimate of drug-likeness (QED) is 0.522. The molecule has 0 bridgehead atoms. The Morgan fingerprint density at radius 1 is 1.16 bits per heavy atom. The standard InChI is InChI=1S/C23H28N2O5S/c1-17(2)22(30-21-12-6-5-9-18(21)16-24)23(26)25(3)13-8-14-29-19-10-7-11-20(15-19)31(4,27)28/h5-7,9-12,15,17,22H,8,13-14H2,1-4H3. The maximum absolute atomic E-state index is 12.9. The Balaban J connectivity index is 1.92. The fraction of sp³-hybridized carbons (Fsp3) is 0.391. The van der Waals surface area contributed by atoms with Crippen LogP contribution in [0.25, 0.3) is 0 Å². The van der Waals surface area contributed by atoms with E-state index < -0.39 is 15.9 Å². The van der Waals surface area contributed by atoms with E-state index in [2.05, 4.69) is 6.07 Å². The number of nitrogens with zero attached hydrogens (tertiary/aromatic N) is 2. The maximum Gasteiger partial charge on any atom is 0.263 e. The van der Waals surface area contributed by atoms with E-state index in [1.807, 2.05) is 13.8 Å². The molecule has 1 atom stereocenters. The van der Waals surface area contributed by atoms with E-state index in [0.29, 0.717) is 36.6 Å². The molecule has 0 radical (unpaired) electrons. The molecule has 0 saturated carbocycles. The van der Waals surface area contributed by atoms with Crippen molar-refractivity contribution >= 4 is 15.7 Å². The van der Waals surface area contributed by atoms with Crippen LogP contribution >= 0.6 is 0 Å². The van der Waals surface area contributed by atoms with Gasteiger partial charge in [0.1, 0.15) is 17.6 Å². The Bertz CT molecular complexity index is 1040. The zero-order valence-corrected chi connectivity index (χ0v) is 19.1. The molecule has 0 aliphatic rings. The molecule has 1 amide bonds. The second-order valence-electron chi connectivity index (χ2n) is 7.60. The van der Waals surface area contributed by atoms with Crippen LogP contribution < -0.4 is 9.47 Å². The van der Waals surface area contributed by atoms with Crippen molar-refractivity contribution in [1.29, 1.82) is 5.26 Å². The Hall–Kier alpha value is -3.05. The number of para-hydroxylation sites is 1. The largest absolute Gasteiger partial charge is 0.493 e. The molecule has 166 valence electrons. The van der Waals surface area contributed by atoms with Crippen molar-refractivity contribution in [1.82, 2.24) is 4.90 Å². The number of nitriles is 1. The van der Waals surface area contributed by atoms with Gasteiger partial charge in [0.05, 0.1) is 17.1 Å². The Kier molecular flexibility index (Phi) is 8.46. The van der Waals surface area contributed by atoms with Crippen LogP contribution in [0.3, 0.4) is 0 Å². The molecule has 2 rings (SSSR count). The van der Waals surface area contributed by atoms with Crippen molar-refractivity contribution in [3.05, 3.63) is 54.1 Å². The number of carbonyl (C=O) groups excluding carboxylic acids is 1. The van der Waals surface area contributed by atoms with Gasteiger partial charge in [0.25, 0.3) is 5.91 Å². The van der Waals surface area contributed by atoms with E-state index in [1.165, 1.54) is 12.1 Å². The van der Waals surface area contributed by atoms with Crippen molar-refractivity contribution in [3.63, 3.8) is 0 Å². The fourth-order valence-electron chi connectivity index (χ4n) is 2.88. The minimum atomic E-state index is -3.30. The van der Waals surface area contributed by atoms with Crippen LogP contribution in [0, 0.1) is 17.2 Å². The number of benzene rings is 2. The summed E-state index contributed by atoms with van der Waals surface area (Å²) in [5, 5.41) is 9.24. The maximum atomic E-state index is 12.9. The number of hydrogen-bond acceptors (Lipinski definition) is 6. The second kappa shape index (κ2) is 10.8. The number of amides is 1. The van der Waals surface area contributed by atoms with Crippen LogP contribution in [0.2, 0.25) is 0 Å². The lowest BCUT2D eigenvalue weighted by Crippen LogP contribution is -2.43. The molecule has 0 spiro atoms. The van der Waals surface area contributed by atoms with Crippen molar-refractivity contribution in [2.24, 2.45) is 5.92 Å². The van der Waals surface area contributed by atoms with Crippen molar-refractivity contribution in [2.75, 3.05) is 26.5 Å². The van der Waals surface area contributed by atoms with E-state index >= 15 is 0 Å². The lowest BCUT2D eigenvalue weighted by molar-refractivity contribution is -0.139. The third kappa shape index (κ3) is 7.00. The van der Waals surface area contributed by atoms with Crippen LogP contribution in [-0.4, -0.2) is 51.8 Å². The molecule has 2 aromatic carbocycles. The summed E-state index contributed by atoms with van der Waals surface area (Å²) in [6, 6.07) is 15.2. The second-order valence-corrected chi connectivity index (χ2v) is 9.61. The number of rotatable bonds is 10. The highest BCUT2D eigenvalue weighted by Crippen LogP contribution is 2.22. The lowest BCUT2D eigenvalue weighted by Gasteiger charge is -2.27. The summed E-state index contributed by atoms with van der Waals surface area (Å²) in [4.78, 5) is 14.7. The summed E-state index contributed by atoms with van der Waals surface area (Å²) in [7, 11) is -1.60. The molecule has 0 saturated heterocycles. The summed E-state index contributed by atoms with van der Waals surface area (Å²) < 4.78 is 34.8. The van der Waals surface area contributed by atoms with Gasteiger partial charge in [0.2, 0.25) is 0 Å². The van der Waals surface area contributed by atoms with Gasteiger partial charge < -0.3 is 14.4 Å². The normalized spacial score (nSPS) is 12.1. The molecule has 0 N–H and O–H groups in total. The predicted octanol–water partition coefficient (Wildman–Crippen LogP) is 3.29. The first-order valence-electron chi connectivity index (χ1n) is 9.97. The molecule has 0 aliphatic carbocycles. The highest BCUT2D eigenvalue weighted by atomic mass is 32.2. The zero-order chi connectivity index (χ0) is 23.0. The minimum Gasteiger partial charge on any atom is -0.493 e. The third-order valence-electron chi connectivity index (χ3n) is 4.63. The highest BCUT2D eigenvalue weighted by Gasteiger charge is 2.28. The molecule has 0 heterocycles. The van der Waals surface area contributed by atoms with Crippen molar-refractivity contribution in [2.45, 2.75) is 31.3 Å². The minimum absolute atomic E-state index is 0.0864. The molecular weight excluding hydrogens is 416 g/mol. The molecule has 2 aromatic rings. The van der Waals surface area contributed by atoms with E-state index in [4.69, 9.17) is 9.47 Å². The molecule has 0 aliphatic heterocycles. The van der Waals surface area contributed by atoms with Crippen molar-refractivity contribution < 1.29 is 22.7 Å². The summed E-state index contributed by atoms with van der Waals surface area (Å²) in [6.45, 7) is 4.55. The van der Waals surface area contributed by atoms with E-state index in [9.17, 15) is 18.5 Å². The zero-order valence-electron chi connectivity index (χ0n) is 18.2. The van der Waals surface area contributed by atoms with E-state index in [0.717, 1.165) is 6.26 Å². The van der Waals surface area contributed by atoms with Gasteiger partial charge in [-0.3, -0.25) is 4.79 Å². The van der Waals surface area contributed by atoms with Crippen LogP contribution in [0.4, 0.5) is 0 Å². The van der Waals surface area contributed by atoms with Gasteiger partial charge in [-0.05, 0) is 42.7 Å². The van der Waals surface area contributed by atoms with Crippen LogP contribution in [0.15, 0.2) is 53.4 Å². The number of sulfone groups is 1. The third-order valence-corrected chi connectivity index (χ3v) is 5.74. The summed E-state index contributed by atoms with van der Waals surface area (Å²) in [6.07, 6.45) is 0.992. The lowest BCUT2D eigenvalue weighted by atomic mass is 10.1. The van der Waals surface area contributed by atoms with Crippen LogP contribution in [0.1, 0.15) is 25.8 Å². The summed E-state index contributed by atoms with van der Waals surface area (Å²) in [5.41, 5.74) is 0.383. The predicted molar refractivity (Wildman–Crippen MR) is 118 cm³/mol. The first-order chi connectivity index (χ1) is 14.6. The molecule has 7 nitrogen and oxygen atoms in total. The summed E-state index contributed by atoms with van der Waals surface area (Å²) >= 11 is 0. The topological polar surface area (TPSA) is 96.7 Å². The smallest absolute Gasteiger partial charge is 0.263 e. The molecule has 31 heavy (non-hydrogen) atoms. The van der Waals surface area contributed by atoms with Crippen molar-refractivity contribution in [3.8, 4) is 17.6 Å². The Morgan fingerprint density at radius 3 is 2.52 bits per heavy atom. The number of ether oxygens (including phenoxy) is 2. The van der Waals surface area contributed by atoms with Gasteiger partial charge in [-0.1, -0.05) is 32.0 Å². The highest BCUT2D eigenvalue weighted by molar-refractivity contribution is 7.90. The SMILES string of the molecule is CC(C)C(Oc1ccccc1C#N)C(=O)N(C)CCCOc1cccc(S(C)(=O)=O)c1. The van der Waals surface area contributed by atoms with Gasteiger partial charge in [-0.15, -0.1) is 0 Å². The molecular formula is C23H28N2O5S. The Morgan fingerprint density at radius 2 is 1.87 bits per heavy atom. The number of hydrogen-bond donors (Lipinski definition) is 0. The summed E-state index contributed by atoms with van der Waals surface area (Å²) in [5.74, 6) is 0.589. The first kappa shape index (κ1) is 24.2. The van der Waals surface area contributed by atoms with Crippen LogP contribution in [-0.2, 0) is 14.6 Å². The average Bonchev–Trinajstić information content (AvgIpc) is 2.74. The van der Waals surface area contributed by atoms with Gasteiger partial charge >= 0.3 is 0 Å². The fourth-order valence-corrected chi connectivity index (χ4v) is 3.54. The Labute approximate surface area is 184 Å². The van der Waals surface area contributed by atoms with E-state index in [-0.39, 0.29) is 16.7 Å². The monoisotopic (exact) mass is 444 g/mol. The van der Waals surface area contributed by atoms with Crippen LogP contribution in [0.5, 0.6) is 11.5 Å². The first-order valence-corrected chi connectivity index (χ1v) is 11.9. The molecule has 1 unspecified atom stereocenters. The van der Waals surface area contributed by atoms with Gasteiger partial charge in [-0.2, -0.15) is 5.26 Å². The van der Waals surface area contributed by atoms with E-state index in [1.54, 1.807) is 48.3 Å². The number of carbonyl (C=O) groups is 1. The van der Waals surface area contributed by atoms with Gasteiger partial charge in [0, 0.05) is 19.8 Å². The molecule has 0 aromatic heterocycles. The molecule has 8 heteroatoms. The number of likely N-dealkylation sites (N-methyl/N-ethyl adjacent to an activating group) is 1.